The van der Waals surface area contributed by atoms with Crippen molar-refractivity contribution in [2.45, 2.75) is 52.7 Å². The molecule has 1 aliphatic heterocycles. The fourth-order valence-corrected chi connectivity index (χ4v) is 5.10. The van der Waals surface area contributed by atoms with Crippen LogP contribution in [0.4, 0.5) is 18.0 Å². The molecule has 0 aromatic carbocycles. The minimum atomic E-state index is -4.81. The van der Waals surface area contributed by atoms with E-state index in [1.807, 2.05) is 6.92 Å². The van der Waals surface area contributed by atoms with Crippen LogP contribution >= 0.6 is 11.3 Å². The first kappa shape index (κ1) is 21.9. The molecular formula is C19H23F3N4O4S. The van der Waals surface area contributed by atoms with Gasteiger partial charge in [-0.25, -0.2) is 9.59 Å². The van der Waals surface area contributed by atoms with E-state index in [0.717, 1.165) is 33.6 Å². The smallest absolute Gasteiger partial charge is 0.336 e. The summed E-state index contributed by atoms with van der Waals surface area (Å²) >= 11 is 1.16. The Balaban J connectivity index is 1.79. The van der Waals surface area contributed by atoms with E-state index in [9.17, 15) is 27.6 Å². The molecule has 0 atom stereocenters. The Labute approximate surface area is 179 Å². The van der Waals surface area contributed by atoms with Crippen molar-refractivity contribution >= 4 is 27.6 Å². The molecule has 0 unspecified atom stereocenters. The molecule has 8 nitrogen and oxygen atoms in total. The number of fused-ring (bicyclic) bond motifs is 1. The molecule has 1 aliphatic carbocycles. The van der Waals surface area contributed by atoms with Crippen LogP contribution in [0, 0.1) is 12.3 Å². The summed E-state index contributed by atoms with van der Waals surface area (Å²) in [7, 11) is 0. The number of nitrogens with one attached hydrogen (secondary N) is 1. The molecule has 2 amide bonds. The van der Waals surface area contributed by atoms with Crippen LogP contribution in [0.5, 0.6) is 0 Å². The predicted octanol–water partition coefficient (Wildman–Crippen LogP) is 2.39. The van der Waals surface area contributed by atoms with Gasteiger partial charge < -0.3 is 10.2 Å². The standard InChI is InChI=1S/C19H23F3N4O4S/c1-11-12(9-24-6-5-23-16(24)28)31-15-13(11)14(27)26(10-18(2)3-4-18)17(29)25(15)7-8-30-19(20,21)22/h3-10H2,1-2H3,(H,23,28). The molecule has 170 valence electrons. The van der Waals surface area contributed by atoms with Crippen molar-refractivity contribution in [1.82, 2.24) is 19.4 Å². The molecule has 2 aromatic heterocycles. The number of aryl methyl sites for hydroxylation is 1. The van der Waals surface area contributed by atoms with E-state index >= 15 is 0 Å². The van der Waals surface area contributed by atoms with Crippen LogP contribution in [0.25, 0.3) is 10.2 Å². The predicted molar refractivity (Wildman–Crippen MR) is 108 cm³/mol. The molecule has 2 fully saturated rings. The Morgan fingerprint density at radius 1 is 1.19 bits per heavy atom. The quantitative estimate of drug-likeness (QED) is 0.688. The van der Waals surface area contributed by atoms with Gasteiger partial charge in [0.25, 0.3) is 5.56 Å². The van der Waals surface area contributed by atoms with Crippen molar-refractivity contribution in [2.75, 3.05) is 19.7 Å². The lowest BCUT2D eigenvalue weighted by Gasteiger charge is -2.15. The van der Waals surface area contributed by atoms with Crippen LogP contribution in [-0.2, 0) is 24.4 Å². The largest absolute Gasteiger partial charge is 0.522 e. The lowest BCUT2D eigenvalue weighted by molar-refractivity contribution is -0.325. The first-order valence-corrected chi connectivity index (χ1v) is 10.8. The first-order valence-electron chi connectivity index (χ1n) is 9.98. The maximum atomic E-state index is 13.2. The molecule has 1 saturated carbocycles. The number of aromatic nitrogens is 2. The summed E-state index contributed by atoms with van der Waals surface area (Å²) in [4.78, 5) is 40.9. The Hall–Kier alpha value is -2.34. The Morgan fingerprint density at radius 2 is 1.90 bits per heavy atom. The van der Waals surface area contributed by atoms with Crippen LogP contribution in [0.3, 0.4) is 0 Å². The van der Waals surface area contributed by atoms with Gasteiger partial charge in [-0.2, -0.15) is 0 Å². The second kappa shape index (κ2) is 7.66. The van der Waals surface area contributed by atoms with Crippen molar-refractivity contribution < 1.29 is 22.7 Å². The van der Waals surface area contributed by atoms with Crippen LogP contribution in [-0.4, -0.2) is 46.1 Å². The van der Waals surface area contributed by atoms with Crippen molar-refractivity contribution in [1.29, 1.82) is 0 Å². The van der Waals surface area contributed by atoms with Crippen LogP contribution in [0.15, 0.2) is 9.59 Å². The van der Waals surface area contributed by atoms with Gasteiger partial charge >= 0.3 is 18.1 Å². The molecule has 1 saturated heterocycles. The third-order valence-corrected chi connectivity index (χ3v) is 7.20. The highest BCUT2D eigenvalue weighted by molar-refractivity contribution is 7.18. The summed E-state index contributed by atoms with van der Waals surface area (Å²) in [6.45, 7) is 4.16. The van der Waals surface area contributed by atoms with Crippen LogP contribution < -0.4 is 16.6 Å². The molecule has 3 heterocycles. The number of alkyl halides is 3. The summed E-state index contributed by atoms with van der Waals surface area (Å²) in [5, 5.41) is 3.02. The van der Waals surface area contributed by atoms with Gasteiger partial charge in [-0.05, 0) is 30.7 Å². The number of hydrogen-bond donors (Lipinski definition) is 1. The van der Waals surface area contributed by atoms with Crippen molar-refractivity contribution in [2.24, 2.45) is 5.41 Å². The minimum absolute atomic E-state index is 0.155. The van der Waals surface area contributed by atoms with E-state index in [2.05, 4.69) is 10.1 Å². The van der Waals surface area contributed by atoms with Gasteiger partial charge in [-0.15, -0.1) is 24.5 Å². The lowest BCUT2D eigenvalue weighted by Crippen LogP contribution is -2.42. The maximum Gasteiger partial charge on any atom is 0.522 e. The molecule has 12 heteroatoms. The van der Waals surface area contributed by atoms with Gasteiger partial charge in [0.1, 0.15) is 4.83 Å². The average Bonchev–Trinajstić information content (AvgIpc) is 3.13. The maximum absolute atomic E-state index is 13.2. The number of rotatable bonds is 7. The summed E-state index contributed by atoms with van der Waals surface area (Å²) in [6.07, 6.45) is -3.05. The van der Waals surface area contributed by atoms with Gasteiger partial charge in [0.2, 0.25) is 0 Å². The Kier molecular flexibility index (Phi) is 5.41. The fraction of sp³-hybridized carbons (Fsp3) is 0.632. The van der Waals surface area contributed by atoms with Crippen molar-refractivity contribution in [3.63, 3.8) is 0 Å². The zero-order valence-corrected chi connectivity index (χ0v) is 18.0. The Bertz CT molecular complexity index is 1150. The molecule has 31 heavy (non-hydrogen) atoms. The fourth-order valence-electron chi connectivity index (χ4n) is 3.77. The van der Waals surface area contributed by atoms with Gasteiger partial charge in [0, 0.05) is 24.5 Å². The second-order valence-corrected chi connectivity index (χ2v) is 9.50. The topological polar surface area (TPSA) is 85.6 Å². The van der Waals surface area contributed by atoms with Crippen molar-refractivity contribution in [3.8, 4) is 0 Å². The minimum Gasteiger partial charge on any atom is -0.336 e. The molecular weight excluding hydrogens is 437 g/mol. The third kappa shape index (κ3) is 4.36. The number of carbonyl (C=O) groups excluding carboxylic acids is 1. The van der Waals surface area contributed by atoms with Gasteiger partial charge in [-0.1, -0.05) is 6.92 Å². The molecule has 2 aromatic rings. The molecule has 0 radical (unpaired) electrons. The van der Waals surface area contributed by atoms with Crippen molar-refractivity contribution in [3.05, 3.63) is 31.3 Å². The normalized spacial score (nSPS) is 18.1. The van der Waals surface area contributed by atoms with E-state index in [1.165, 1.54) is 4.57 Å². The highest BCUT2D eigenvalue weighted by Gasteiger charge is 2.39. The zero-order chi connectivity index (χ0) is 22.6. The number of nitrogens with zero attached hydrogens (tertiary/aromatic N) is 3. The van der Waals surface area contributed by atoms with Crippen LogP contribution in [0.2, 0.25) is 0 Å². The third-order valence-electron chi connectivity index (χ3n) is 5.90. The number of thiophene rings is 1. The Morgan fingerprint density at radius 3 is 2.48 bits per heavy atom. The van der Waals surface area contributed by atoms with Crippen LogP contribution in [0.1, 0.15) is 30.2 Å². The SMILES string of the molecule is Cc1c(CN2CCNC2=O)sc2c1c(=O)n(CC1(C)CC1)c(=O)n2CCOC(F)(F)F. The summed E-state index contributed by atoms with van der Waals surface area (Å²) in [6, 6.07) is -0.216. The van der Waals surface area contributed by atoms with Gasteiger partial charge in [-0.3, -0.25) is 18.7 Å². The number of hydrogen-bond acceptors (Lipinski definition) is 5. The molecule has 0 spiro atoms. The zero-order valence-electron chi connectivity index (χ0n) is 17.2. The van der Waals surface area contributed by atoms with Gasteiger partial charge in [0.15, 0.2) is 0 Å². The number of amides is 2. The van der Waals surface area contributed by atoms with E-state index in [0.29, 0.717) is 28.9 Å². The molecule has 0 bridgehead atoms. The summed E-state index contributed by atoms with van der Waals surface area (Å²) in [5.74, 6) is 0. The summed E-state index contributed by atoms with van der Waals surface area (Å²) < 4.78 is 43.6. The highest BCUT2D eigenvalue weighted by Crippen LogP contribution is 2.46. The van der Waals surface area contributed by atoms with E-state index in [1.54, 1.807) is 11.8 Å². The number of carbonyl (C=O) groups is 1. The monoisotopic (exact) mass is 460 g/mol. The lowest BCUT2D eigenvalue weighted by atomic mass is 10.1. The first-order chi connectivity index (χ1) is 14.5. The molecule has 4 rings (SSSR count). The molecule has 2 aliphatic rings. The van der Waals surface area contributed by atoms with E-state index in [4.69, 9.17) is 0 Å². The van der Waals surface area contributed by atoms with E-state index in [-0.39, 0.29) is 31.1 Å². The van der Waals surface area contributed by atoms with E-state index < -0.39 is 24.2 Å². The average molecular weight is 460 g/mol. The highest BCUT2D eigenvalue weighted by atomic mass is 32.1. The number of ether oxygens (including phenoxy) is 1. The number of halogens is 3. The molecule has 1 N–H and O–H groups in total. The number of urea groups is 1. The van der Waals surface area contributed by atoms with Gasteiger partial charge in [0.05, 0.1) is 25.1 Å². The summed E-state index contributed by atoms with van der Waals surface area (Å²) in [5.41, 5.74) is -0.586. The second-order valence-electron chi connectivity index (χ2n) is 8.41.